The molecule has 0 amide bonds. The van der Waals surface area contributed by atoms with Crippen LogP contribution < -0.4 is 0 Å². The van der Waals surface area contributed by atoms with Crippen LogP contribution in [0.15, 0.2) is 17.5 Å². The minimum Gasteiger partial charge on any atom is -0.387 e. The summed E-state index contributed by atoms with van der Waals surface area (Å²) in [6.45, 7) is 2.19. The molecule has 1 aromatic heterocycles. The van der Waals surface area contributed by atoms with Crippen LogP contribution in [0.3, 0.4) is 0 Å². The van der Waals surface area contributed by atoms with Crippen LogP contribution in [0.1, 0.15) is 50.0 Å². The molecule has 0 aliphatic heterocycles. The predicted octanol–water partition coefficient (Wildman–Crippen LogP) is 3.76. The van der Waals surface area contributed by atoms with Crippen LogP contribution in [0.5, 0.6) is 0 Å². The molecule has 15 heavy (non-hydrogen) atoms. The van der Waals surface area contributed by atoms with Crippen molar-refractivity contribution in [1.29, 1.82) is 0 Å². The molecule has 1 unspecified atom stereocenters. The molecule has 0 fully saturated rings. The van der Waals surface area contributed by atoms with E-state index < -0.39 is 6.10 Å². The van der Waals surface area contributed by atoms with E-state index in [2.05, 4.69) is 18.8 Å². The minimum atomic E-state index is -0.399. The Hall–Kier alpha value is -0.780. The van der Waals surface area contributed by atoms with E-state index in [4.69, 9.17) is 0 Å². The van der Waals surface area contributed by atoms with Crippen molar-refractivity contribution in [3.8, 4) is 11.8 Å². The zero-order chi connectivity index (χ0) is 10.9. The number of unbranched alkanes of at least 4 members (excludes halogenated alkanes) is 3. The van der Waals surface area contributed by atoms with E-state index >= 15 is 0 Å². The minimum absolute atomic E-state index is 0.399. The normalized spacial score (nSPS) is 11.9. The second-order valence-corrected chi connectivity index (χ2v) is 4.53. The Kier molecular flexibility index (Phi) is 6.15. The van der Waals surface area contributed by atoms with Gasteiger partial charge in [0.2, 0.25) is 0 Å². The molecule has 1 atom stereocenters. The van der Waals surface area contributed by atoms with Gasteiger partial charge in [0.1, 0.15) is 0 Å². The van der Waals surface area contributed by atoms with E-state index in [1.54, 1.807) is 11.3 Å². The standard InChI is InChI=1S/C13H18OS/c1-2-3-4-5-6-7-9-12(14)13-10-8-11-15-13/h8,10-12,14H,2-5,9H2,1H3. The van der Waals surface area contributed by atoms with E-state index in [1.807, 2.05) is 17.5 Å². The summed E-state index contributed by atoms with van der Waals surface area (Å²) in [5.41, 5.74) is 0. The molecule has 0 saturated heterocycles. The van der Waals surface area contributed by atoms with Crippen LogP contribution in [0.25, 0.3) is 0 Å². The first-order valence-electron chi connectivity index (χ1n) is 5.51. The first-order chi connectivity index (χ1) is 7.34. The summed E-state index contributed by atoms with van der Waals surface area (Å²) < 4.78 is 0. The Bertz CT molecular complexity index is 305. The van der Waals surface area contributed by atoms with Gasteiger partial charge in [-0.1, -0.05) is 25.8 Å². The zero-order valence-electron chi connectivity index (χ0n) is 9.20. The van der Waals surface area contributed by atoms with Crippen LogP contribution >= 0.6 is 11.3 Å². The lowest BCUT2D eigenvalue weighted by Crippen LogP contribution is -1.91. The van der Waals surface area contributed by atoms with Gasteiger partial charge in [0.25, 0.3) is 0 Å². The Balaban J connectivity index is 2.19. The topological polar surface area (TPSA) is 20.2 Å². The van der Waals surface area contributed by atoms with Crippen LogP contribution in [0, 0.1) is 11.8 Å². The van der Waals surface area contributed by atoms with Crippen molar-refractivity contribution in [2.75, 3.05) is 0 Å². The average molecular weight is 222 g/mol. The average Bonchev–Trinajstić information content (AvgIpc) is 2.76. The summed E-state index contributed by atoms with van der Waals surface area (Å²) in [6.07, 6.45) is 4.79. The van der Waals surface area contributed by atoms with Gasteiger partial charge >= 0.3 is 0 Å². The fourth-order valence-corrected chi connectivity index (χ4v) is 2.01. The van der Waals surface area contributed by atoms with Gasteiger partial charge in [-0.15, -0.1) is 23.2 Å². The third-order valence-electron chi connectivity index (χ3n) is 2.20. The number of hydrogen-bond donors (Lipinski definition) is 1. The molecule has 1 rings (SSSR count). The molecular formula is C13H18OS. The van der Waals surface area contributed by atoms with E-state index in [-0.39, 0.29) is 0 Å². The number of thiophene rings is 1. The number of aliphatic hydroxyl groups excluding tert-OH is 1. The molecule has 82 valence electrons. The van der Waals surface area contributed by atoms with Crippen LogP contribution in [-0.2, 0) is 0 Å². The molecule has 0 aliphatic rings. The number of rotatable bonds is 5. The Labute approximate surface area is 96.1 Å². The van der Waals surface area contributed by atoms with Gasteiger partial charge in [-0.2, -0.15) is 0 Å². The molecule has 0 radical (unpaired) electrons. The molecular weight excluding hydrogens is 204 g/mol. The largest absolute Gasteiger partial charge is 0.387 e. The molecule has 1 heterocycles. The highest BCUT2D eigenvalue weighted by molar-refractivity contribution is 7.10. The maximum atomic E-state index is 9.72. The van der Waals surface area contributed by atoms with Crippen molar-refractivity contribution in [3.63, 3.8) is 0 Å². The van der Waals surface area contributed by atoms with Gasteiger partial charge in [0.15, 0.2) is 0 Å². The number of aliphatic hydroxyl groups is 1. The van der Waals surface area contributed by atoms with Crippen molar-refractivity contribution in [3.05, 3.63) is 22.4 Å². The van der Waals surface area contributed by atoms with Crippen LogP contribution in [0.2, 0.25) is 0 Å². The van der Waals surface area contributed by atoms with Crippen molar-refractivity contribution < 1.29 is 5.11 Å². The summed E-state index contributed by atoms with van der Waals surface area (Å²) in [6, 6.07) is 3.91. The number of hydrogen-bond acceptors (Lipinski definition) is 2. The summed E-state index contributed by atoms with van der Waals surface area (Å²) >= 11 is 1.59. The Morgan fingerprint density at radius 2 is 2.27 bits per heavy atom. The van der Waals surface area contributed by atoms with Crippen LogP contribution in [0.4, 0.5) is 0 Å². The molecule has 0 aromatic carbocycles. The highest BCUT2D eigenvalue weighted by Crippen LogP contribution is 2.20. The molecule has 2 heteroatoms. The lowest BCUT2D eigenvalue weighted by molar-refractivity contribution is 0.188. The Morgan fingerprint density at radius 1 is 1.40 bits per heavy atom. The van der Waals surface area contributed by atoms with E-state index in [0.29, 0.717) is 6.42 Å². The fourth-order valence-electron chi connectivity index (χ4n) is 1.30. The van der Waals surface area contributed by atoms with Gasteiger partial charge < -0.3 is 5.11 Å². The third kappa shape index (κ3) is 5.01. The molecule has 1 aromatic rings. The maximum Gasteiger partial charge on any atom is 0.0990 e. The highest BCUT2D eigenvalue weighted by Gasteiger charge is 2.05. The summed E-state index contributed by atoms with van der Waals surface area (Å²) in [5, 5.41) is 11.7. The highest BCUT2D eigenvalue weighted by atomic mass is 32.1. The molecule has 1 N–H and O–H groups in total. The zero-order valence-corrected chi connectivity index (χ0v) is 10.0. The molecule has 0 bridgehead atoms. The van der Waals surface area contributed by atoms with Crippen molar-refractivity contribution in [2.45, 2.75) is 45.1 Å². The van der Waals surface area contributed by atoms with Crippen LogP contribution in [-0.4, -0.2) is 5.11 Å². The van der Waals surface area contributed by atoms with E-state index in [1.165, 1.54) is 19.3 Å². The lowest BCUT2D eigenvalue weighted by Gasteiger charge is -2.01. The summed E-state index contributed by atoms with van der Waals surface area (Å²) in [7, 11) is 0. The molecule has 0 aliphatic carbocycles. The van der Waals surface area contributed by atoms with Crippen molar-refractivity contribution >= 4 is 11.3 Å². The third-order valence-corrected chi connectivity index (χ3v) is 3.17. The second-order valence-electron chi connectivity index (χ2n) is 3.55. The van der Waals surface area contributed by atoms with Gasteiger partial charge in [-0.25, -0.2) is 0 Å². The summed E-state index contributed by atoms with van der Waals surface area (Å²) in [4.78, 5) is 1.01. The van der Waals surface area contributed by atoms with E-state index in [0.717, 1.165) is 11.3 Å². The lowest BCUT2D eigenvalue weighted by atomic mass is 10.2. The molecule has 0 saturated carbocycles. The van der Waals surface area contributed by atoms with Gasteiger partial charge in [-0.05, 0) is 17.9 Å². The second kappa shape index (κ2) is 7.50. The predicted molar refractivity (Wildman–Crippen MR) is 65.8 cm³/mol. The van der Waals surface area contributed by atoms with Gasteiger partial charge in [0, 0.05) is 17.7 Å². The first-order valence-corrected chi connectivity index (χ1v) is 6.39. The van der Waals surface area contributed by atoms with Crippen molar-refractivity contribution in [1.82, 2.24) is 0 Å². The van der Waals surface area contributed by atoms with Gasteiger partial charge in [0.05, 0.1) is 6.10 Å². The maximum absolute atomic E-state index is 9.72. The van der Waals surface area contributed by atoms with Gasteiger partial charge in [-0.3, -0.25) is 0 Å². The molecule has 0 spiro atoms. The summed E-state index contributed by atoms with van der Waals surface area (Å²) in [5.74, 6) is 6.15. The Morgan fingerprint density at radius 3 is 2.93 bits per heavy atom. The van der Waals surface area contributed by atoms with Crippen molar-refractivity contribution in [2.24, 2.45) is 0 Å². The van der Waals surface area contributed by atoms with E-state index in [9.17, 15) is 5.11 Å². The SMILES string of the molecule is CCCCCC#CCC(O)c1cccs1. The smallest absolute Gasteiger partial charge is 0.0990 e. The molecule has 1 nitrogen and oxygen atoms in total. The quantitative estimate of drug-likeness (QED) is 0.594. The fraction of sp³-hybridized carbons (Fsp3) is 0.538. The monoisotopic (exact) mass is 222 g/mol. The first kappa shape index (κ1) is 12.3.